The Morgan fingerprint density at radius 1 is 1.21 bits per heavy atom. The number of imidazole rings is 1. The molecule has 1 fully saturated rings. The van der Waals surface area contributed by atoms with Crippen molar-refractivity contribution in [2.45, 2.75) is 25.8 Å². The molecule has 0 unspecified atom stereocenters. The lowest BCUT2D eigenvalue weighted by molar-refractivity contribution is 0.474. The molecule has 1 N–H and O–H groups in total. The van der Waals surface area contributed by atoms with E-state index >= 15 is 0 Å². The van der Waals surface area contributed by atoms with Crippen LogP contribution in [0, 0.1) is 6.92 Å². The molecule has 4 heteroatoms. The highest BCUT2D eigenvalue weighted by Gasteiger charge is 2.19. The molecule has 2 heterocycles. The van der Waals surface area contributed by atoms with Crippen molar-refractivity contribution in [1.29, 1.82) is 0 Å². The molecular weight excluding hydrogens is 254 g/mol. The van der Waals surface area contributed by atoms with E-state index in [0.717, 1.165) is 17.3 Å². The molecule has 3 rings (SSSR count). The number of nitrogens with one attached hydrogen (secondary N) is 1. The molecule has 1 aliphatic heterocycles. The SMILES string of the molecule is Cc1cn(C2CCSCC2)c(Nc2ccccc2)n1. The molecule has 0 saturated carbocycles. The number of hydrogen-bond acceptors (Lipinski definition) is 3. The van der Waals surface area contributed by atoms with Gasteiger partial charge in [-0.3, -0.25) is 0 Å². The first-order chi connectivity index (χ1) is 9.33. The van der Waals surface area contributed by atoms with Gasteiger partial charge < -0.3 is 9.88 Å². The smallest absolute Gasteiger partial charge is 0.207 e. The second-order valence-electron chi connectivity index (χ2n) is 4.95. The fourth-order valence-corrected chi connectivity index (χ4v) is 3.58. The first-order valence-electron chi connectivity index (χ1n) is 6.78. The van der Waals surface area contributed by atoms with E-state index in [1.165, 1.54) is 24.3 Å². The van der Waals surface area contributed by atoms with Gasteiger partial charge in [0, 0.05) is 17.9 Å². The third kappa shape index (κ3) is 2.95. The molecule has 0 radical (unpaired) electrons. The summed E-state index contributed by atoms with van der Waals surface area (Å²) < 4.78 is 2.32. The maximum atomic E-state index is 4.63. The Labute approximate surface area is 118 Å². The van der Waals surface area contributed by atoms with Crippen LogP contribution in [0.15, 0.2) is 36.5 Å². The quantitative estimate of drug-likeness (QED) is 0.916. The van der Waals surface area contributed by atoms with Crippen molar-refractivity contribution in [2.75, 3.05) is 16.8 Å². The predicted octanol–water partition coefficient (Wildman–Crippen LogP) is 4.00. The van der Waals surface area contributed by atoms with Gasteiger partial charge in [-0.25, -0.2) is 4.98 Å². The molecule has 19 heavy (non-hydrogen) atoms. The molecule has 100 valence electrons. The van der Waals surface area contributed by atoms with Crippen LogP contribution in [0.1, 0.15) is 24.6 Å². The Bertz CT molecular complexity index is 530. The minimum Gasteiger partial charge on any atom is -0.326 e. The highest BCUT2D eigenvalue weighted by molar-refractivity contribution is 7.99. The molecule has 0 amide bonds. The van der Waals surface area contributed by atoms with Gasteiger partial charge in [0.25, 0.3) is 0 Å². The average molecular weight is 273 g/mol. The molecule has 0 spiro atoms. The van der Waals surface area contributed by atoms with Crippen molar-refractivity contribution in [3.63, 3.8) is 0 Å². The zero-order chi connectivity index (χ0) is 13.1. The van der Waals surface area contributed by atoms with Gasteiger partial charge >= 0.3 is 0 Å². The number of nitrogens with zero attached hydrogens (tertiary/aromatic N) is 2. The van der Waals surface area contributed by atoms with Crippen molar-refractivity contribution >= 4 is 23.4 Å². The topological polar surface area (TPSA) is 29.9 Å². The van der Waals surface area contributed by atoms with Gasteiger partial charge in [0.2, 0.25) is 5.95 Å². The summed E-state index contributed by atoms with van der Waals surface area (Å²) in [6.45, 7) is 2.06. The average Bonchev–Trinajstić information content (AvgIpc) is 2.82. The Kier molecular flexibility index (Phi) is 3.78. The first-order valence-corrected chi connectivity index (χ1v) is 7.94. The molecule has 2 aromatic rings. The molecule has 1 saturated heterocycles. The summed E-state index contributed by atoms with van der Waals surface area (Å²) in [6.07, 6.45) is 4.65. The number of aromatic nitrogens is 2. The van der Waals surface area contributed by atoms with Crippen molar-refractivity contribution in [3.8, 4) is 0 Å². The van der Waals surface area contributed by atoms with Crippen LogP contribution >= 0.6 is 11.8 Å². The zero-order valence-corrected chi connectivity index (χ0v) is 12.0. The fourth-order valence-electron chi connectivity index (χ4n) is 2.50. The molecule has 0 aliphatic carbocycles. The number of hydrogen-bond donors (Lipinski definition) is 1. The monoisotopic (exact) mass is 273 g/mol. The van der Waals surface area contributed by atoms with E-state index in [1.54, 1.807) is 0 Å². The van der Waals surface area contributed by atoms with Crippen LogP contribution in [0.4, 0.5) is 11.6 Å². The Balaban J connectivity index is 1.84. The lowest BCUT2D eigenvalue weighted by atomic mass is 10.1. The Morgan fingerprint density at radius 2 is 1.95 bits per heavy atom. The first kappa shape index (κ1) is 12.6. The van der Waals surface area contributed by atoms with Crippen LogP contribution in [0.25, 0.3) is 0 Å². The van der Waals surface area contributed by atoms with E-state index < -0.39 is 0 Å². The third-order valence-electron chi connectivity index (χ3n) is 3.47. The van der Waals surface area contributed by atoms with E-state index in [-0.39, 0.29) is 0 Å². The van der Waals surface area contributed by atoms with Crippen LogP contribution in [0.2, 0.25) is 0 Å². The number of para-hydroxylation sites is 1. The van der Waals surface area contributed by atoms with E-state index in [1.807, 2.05) is 18.2 Å². The molecule has 1 aromatic heterocycles. The van der Waals surface area contributed by atoms with Gasteiger partial charge in [-0.2, -0.15) is 11.8 Å². The van der Waals surface area contributed by atoms with Crippen molar-refractivity contribution in [2.24, 2.45) is 0 Å². The van der Waals surface area contributed by atoms with Crippen molar-refractivity contribution in [3.05, 3.63) is 42.2 Å². The van der Waals surface area contributed by atoms with Crippen LogP contribution in [-0.2, 0) is 0 Å². The normalized spacial score (nSPS) is 16.5. The van der Waals surface area contributed by atoms with E-state index in [0.29, 0.717) is 6.04 Å². The van der Waals surface area contributed by atoms with Gasteiger partial charge in [-0.05, 0) is 43.4 Å². The summed E-state index contributed by atoms with van der Waals surface area (Å²) in [4.78, 5) is 4.63. The fraction of sp³-hybridized carbons (Fsp3) is 0.400. The maximum absolute atomic E-state index is 4.63. The largest absolute Gasteiger partial charge is 0.326 e. The highest BCUT2D eigenvalue weighted by atomic mass is 32.2. The summed E-state index contributed by atoms with van der Waals surface area (Å²) in [5.41, 5.74) is 2.18. The number of rotatable bonds is 3. The summed E-state index contributed by atoms with van der Waals surface area (Å²) in [5.74, 6) is 3.49. The van der Waals surface area contributed by atoms with Crippen LogP contribution < -0.4 is 5.32 Å². The van der Waals surface area contributed by atoms with Gasteiger partial charge in [-0.15, -0.1) is 0 Å². The summed E-state index contributed by atoms with van der Waals surface area (Å²) in [5, 5.41) is 3.44. The van der Waals surface area contributed by atoms with E-state index in [2.05, 4.69) is 51.9 Å². The second-order valence-corrected chi connectivity index (χ2v) is 6.17. The predicted molar refractivity (Wildman–Crippen MR) is 82.3 cm³/mol. The Morgan fingerprint density at radius 3 is 2.68 bits per heavy atom. The molecule has 1 aromatic carbocycles. The van der Waals surface area contributed by atoms with Gasteiger partial charge in [0.1, 0.15) is 0 Å². The summed E-state index contributed by atoms with van der Waals surface area (Å²) in [7, 11) is 0. The summed E-state index contributed by atoms with van der Waals surface area (Å²) in [6, 6.07) is 10.9. The maximum Gasteiger partial charge on any atom is 0.207 e. The highest BCUT2D eigenvalue weighted by Crippen LogP contribution is 2.30. The third-order valence-corrected chi connectivity index (χ3v) is 4.52. The molecule has 0 bridgehead atoms. The van der Waals surface area contributed by atoms with E-state index in [4.69, 9.17) is 0 Å². The van der Waals surface area contributed by atoms with Crippen LogP contribution in [0.5, 0.6) is 0 Å². The Hall–Kier alpha value is -1.42. The standard InChI is InChI=1S/C15H19N3S/c1-12-11-18(14-7-9-19-10-8-14)15(16-12)17-13-5-3-2-4-6-13/h2-6,11,14H,7-10H2,1H3,(H,16,17). The number of aryl methyl sites for hydroxylation is 1. The van der Waals surface area contributed by atoms with Gasteiger partial charge in [-0.1, -0.05) is 18.2 Å². The molecule has 0 atom stereocenters. The zero-order valence-electron chi connectivity index (χ0n) is 11.2. The van der Waals surface area contributed by atoms with E-state index in [9.17, 15) is 0 Å². The minimum absolute atomic E-state index is 0.591. The lowest BCUT2D eigenvalue weighted by Crippen LogP contribution is -2.16. The number of benzene rings is 1. The molecular formula is C15H19N3S. The lowest BCUT2D eigenvalue weighted by Gasteiger charge is -2.24. The number of thioether (sulfide) groups is 1. The molecule has 3 nitrogen and oxygen atoms in total. The van der Waals surface area contributed by atoms with Crippen LogP contribution in [0.3, 0.4) is 0 Å². The number of anilines is 2. The van der Waals surface area contributed by atoms with Crippen molar-refractivity contribution in [1.82, 2.24) is 9.55 Å². The minimum atomic E-state index is 0.591. The van der Waals surface area contributed by atoms with Gasteiger partial charge in [0.15, 0.2) is 0 Å². The van der Waals surface area contributed by atoms with Gasteiger partial charge in [0.05, 0.1) is 5.69 Å². The summed E-state index contributed by atoms with van der Waals surface area (Å²) >= 11 is 2.06. The molecule has 1 aliphatic rings. The van der Waals surface area contributed by atoms with Crippen LogP contribution in [-0.4, -0.2) is 21.1 Å². The van der Waals surface area contributed by atoms with Crippen molar-refractivity contribution < 1.29 is 0 Å². The second kappa shape index (κ2) is 5.70.